The second-order valence-corrected chi connectivity index (χ2v) is 6.62. The smallest absolute Gasteiger partial charge is 0.397 e. The van der Waals surface area contributed by atoms with Crippen molar-refractivity contribution in [3.8, 4) is 5.75 Å². The second kappa shape index (κ2) is 14.3. The third-order valence-corrected chi connectivity index (χ3v) is 3.56. The minimum absolute atomic E-state index is 0.0793. The number of hydrogen-bond acceptors (Lipinski definition) is 8. The molecule has 0 aromatic heterocycles. The number of aliphatic imine (C=N–C) groups is 1. The molecule has 0 fully saturated rings. The number of ether oxygens (including phenoxy) is 2. The summed E-state index contributed by atoms with van der Waals surface area (Å²) in [4.78, 5) is 27.0. The number of nitrogens with two attached hydrogens (primary N) is 2. The first-order valence-corrected chi connectivity index (χ1v) is 10.0. The second-order valence-electron chi connectivity index (χ2n) is 5.43. The van der Waals surface area contributed by atoms with Crippen LogP contribution in [0.4, 0.5) is 0 Å². The molecule has 5 N–H and O–H groups in total. The molecule has 0 amide bonds. The summed E-state index contributed by atoms with van der Waals surface area (Å²) in [5.74, 6) is -0.221. The monoisotopic (exact) mass is 433 g/mol. The van der Waals surface area contributed by atoms with Crippen molar-refractivity contribution in [1.29, 1.82) is 0 Å². The summed E-state index contributed by atoms with van der Waals surface area (Å²) in [6.07, 6.45) is 2.69. The molecule has 0 saturated heterocycles. The first-order chi connectivity index (χ1) is 13.6. The zero-order valence-corrected chi connectivity index (χ0v) is 17.2. The molecule has 0 saturated carbocycles. The maximum atomic E-state index is 11.7. The fourth-order valence-electron chi connectivity index (χ4n) is 1.82. The van der Waals surface area contributed by atoms with E-state index in [0.29, 0.717) is 37.3 Å². The van der Waals surface area contributed by atoms with Crippen LogP contribution in [0.2, 0.25) is 0 Å². The lowest BCUT2D eigenvalue weighted by Gasteiger charge is -2.05. The molecular formula is C17H27N3O8S. The van der Waals surface area contributed by atoms with E-state index in [2.05, 4.69) is 9.18 Å². The van der Waals surface area contributed by atoms with E-state index >= 15 is 0 Å². The largest absolute Gasteiger partial charge is 0.462 e. The van der Waals surface area contributed by atoms with E-state index in [9.17, 15) is 18.0 Å². The Balaban J connectivity index is 0.00000113. The standard InChI is InChI=1S/C16H23N3O4.CH4O4S/c1-2-22-15(21)12-7-9-13(10-8-12)23-14(20)6-4-3-5-11-19-16(17)18;1-5-6(2,3)4/h7-10H,2-6,11H2,1H3,(H4,17,18,19);1H3,(H,2,3,4). The summed E-state index contributed by atoms with van der Waals surface area (Å²) in [6.45, 7) is 2.62. The van der Waals surface area contributed by atoms with Crippen molar-refractivity contribution >= 4 is 28.3 Å². The first kappa shape index (κ1) is 26.3. The Bertz CT molecular complexity index is 759. The zero-order valence-electron chi connectivity index (χ0n) is 16.4. The fourth-order valence-corrected chi connectivity index (χ4v) is 1.82. The van der Waals surface area contributed by atoms with Crippen molar-refractivity contribution in [2.24, 2.45) is 16.5 Å². The molecule has 1 aromatic rings. The van der Waals surface area contributed by atoms with E-state index in [-0.39, 0.29) is 11.9 Å². The van der Waals surface area contributed by atoms with Crippen LogP contribution in [0.25, 0.3) is 0 Å². The van der Waals surface area contributed by atoms with Crippen molar-refractivity contribution in [3.63, 3.8) is 0 Å². The van der Waals surface area contributed by atoms with Gasteiger partial charge in [-0.05, 0) is 44.0 Å². The van der Waals surface area contributed by atoms with Gasteiger partial charge in [-0.25, -0.2) is 4.79 Å². The molecule has 11 nitrogen and oxygen atoms in total. The maximum Gasteiger partial charge on any atom is 0.397 e. The van der Waals surface area contributed by atoms with Crippen LogP contribution >= 0.6 is 0 Å². The number of esters is 2. The van der Waals surface area contributed by atoms with Crippen LogP contribution in [0, 0.1) is 0 Å². The highest BCUT2D eigenvalue weighted by Gasteiger charge is 2.08. The molecule has 0 aliphatic rings. The van der Waals surface area contributed by atoms with Crippen LogP contribution < -0.4 is 16.2 Å². The third-order valence-electron chi connectivity index (χ3n) is 3.14. The molecule has 0 unspecified atom stereocenters. The molecule has 0 heterocycles. The average Bonchev–Trinajstić information content (AvgIpc) is 2.65. The van der Waals surface area contributed by atoms with Gasteiger partial charge in [-0.2, -0.15) is 8.42 Å². The van der Waals surface area contributed by atoms with Gasteiger partial charge < -0.3 is 20.9 Å². The normalized spacial score (nSPS) is 10.3. The summed E-state index contributed by atoms with van der Waals surface area (Å²) in [5, 5.41) is 0. The van der Waals surface area contributed by atoms with E-state index in [1.54, 1.807) is 31.2 Å². The van der Waals surface area contributed by atoms with Crippen molar-refractivity contribution in [2.45, 2.75) is 32.6 Å². The number of carbonyl (C=O) groups is 2. The number of unbranched alkanes of at least 4 members (excludes halogenated alkanes) is 2. The molecule has 1 rings (SSSR count). The SMILES string of the molecule is CCOC(=O)c1ccc(OC(=O)CCCCCN=C(N)N)cc1.COS(=O)(=O)O. The van der Waals surface area contributed by atoms with Gasteiger partial charge in [0.05, 0.1) is 19.3 Å². The predicted molar refractivity (Wildman–Crippen MR) is 106 cm³/mol. The molecule has 0 aliphatic heterocycles. The molecule has 0 aliphatic carbocycles. The van der Waals surface area contributed by atoms with Gasteiger partial charge in [-0.3, -0.25) is 18.5 Å². The van der Waals surface area contributed by atoms with Crippen LogP contribution in [0.1, 0.15) is 43.0 Å². The highest BCUT2D eigenvalue weighted by molar-refractivity contribution is 7.80. The molecule has 0 atom stereocenters. The summed E-state index contributed by atoms with van der Waals surface area (Å²) in [7, 11) is -3.29. The Kier molecular flexibility index (Phi) is 13.0. The molecule has 29 heavy (non-hydrogen) atoms. The minimum atomic E-state index is -4.16. The summed E-state index contributed by atoms with van der Waals surface area (Å²) < 4.78 is 39.8. The van der Waals surface area contributed by atoms with Crippen LogP contribution in [0.15, 0.2) is 29.3 Å². The molecule has 164 valence electrons. The van der Waals surface area contributed by atoms with E-state index in [1.807, 2.05) is 0 Å². The third kappa shape index (κ3) is 15.0. The van der Waals surface area contributed by atoms with E-state index in [1.165, 1.54) is 0 Å². The van der Waals surface area contributed by atoms with Gasteiger partial charge in [0.2, 0.25) is 0 Å². The van der Waals surface area contributed by atoms with Gasteiger partial charge in [0.25, 0.3) is 0 Å². The zero-order chi connectivity index (χ0) is 22.3. The summed E-state index contributed by atoms with van der Waals surface area (Å²) in [5.41, 5.74) is 10.8. The van der Waals surface area contributed by atoms with Gasteiger partial charge in [-0.15, -0.1) is 0 Å². The highest BCUT2D eigenvalue weighted by Crippen LogP contribution is 2.14. The minimum Gasteiger partial charge on any atom is -0.462 e. The van der Waals surface area contributed by atoms with Crippen LogP contribution in [0.3, 0.4) is 0 Å². The lowest BCUT2D eigenvalue weighted by atomic mass is 10.2. The fraction of sp³-hybridized carbons (Fsp3) is 0.471. The number of nitrogens with zero attached hydrogens (tertiary/aromatic N) is 1. The van der Waals surface area contributed by atoms with Gasteiger partial charge in [-0.1, -0.05) is 6.42 Å². The number of hydrogen-bond donors (Lipinski definition) is 3. The van der Waals surface area contributed by atoms with Gasteiger partial charge in [0, 0.05) is 13.0 Å². The van der Waals surface area contributed by atoms with Gasteiger partial charge >= 0.3 is 22.3 Å². The van der Waals surface area contributed by atoms with Crippen LogP contribution in [-0.2, 0) is 24.1 Å². The Morgan fingerprint density at radius 1 is 1.10 bits per heavy atom. The molecule has 1 aromatic carbocycles. The molecule has 0 radical (unpaired) electrons. The Morgan fingerprint density at radius 3 is 2.17 bits per heavy atom. The first-order valence-electron chi connectivity index (χ1n) is 8.65. The van der Waals surface area contributed by atoms with E-state index < -0.39 is 16.4 Å². The number of rotatable bonds is 10. The van der Waals surface area contributed by atoms with E-state index in [0.717, 1.165) is 20.0 Å². The van der Waals surface area contributed by atoms with Crippen LogP contribution in [-0.4, -0.2) is 51.1 Å². The molecule has 0 spiro atoms. The topological polar surface area (TPSA) is 181 Å². The predicted octanol–water partition coefficient (Wildman–Crippen LogP) is 1.04. The number of guanidine groups is 1. The van der Waals surface area contributed by atoms with Gasteiger partial charge in [0.15, 0.2) is 5.96 Å². The Hall–Kier alpha value is -2.70. The highest BCUT2D eigenvalue weighted by atomic mass is 32.3. The van der Waals surface area contributed by atoms with Crippen molar-refractivity contribution in [2.75, 3.05) is 20.3 Å². The lowest BCUT2D eigenvalue weighted by molar-refractivity contribution is -0.134. The van der Waals surface area contributed by atoms with Crippen molar-refractivity contribution in [3.05, 3.63) is 29.8 Å². The summed E-state index contributed by atoms with van der Waals surface area (Å²) >= 11 is 0. The number of benzene rings is 1. The van der Waals surface area contributed by atoms with Crippen molar-refractivity contribution in [1.82, 2.24) is 0 Å². The maximum absolute atomic E-state index is 11.7. The Labute approximate surface area is 170 Å². The Morgan fingerprint density at radius 2 is 1.69 bits per heavy atom. The summed E-state index contributed by atoms with van der Waals surface area (Å²) in [6, 6.07) is 6.28. The van der Waals surface area contributed by atoms with Crippen molar-refractivity contribution < 1.29 is 36.2 Å². The van der Waals surface area contributed by atoms with E-state index in [4.69, 9.17) is 25.5 Å². The average molecular weight is 433 g/mol. The van der Waals surface area contributed by atoms with Gasteiger partial charge in [0.1, 0.15) is 5.75 Å². The quantitative estimate of drug-likeness (QED) is 0.120. The number of carbonyl (C=O) groups excluding carboxylic acids is 2. The van der Waals surface area contributed by atoms with Crippen LogP contribution in [0.5, 0.6) is 5.75 Å². The molecule has 12 heteroatoms. The lowest BCUT2D eigenvalue weighted by Crippen LogP contribution is -2.22. The molecule has 0 bridgehead atoms. The molecular weight excluding hydrogens is 406 g/mol.